The zero-order valence-electron chi connectivity index (χ0n) is 16.0. The predicted molar refractivity (Wildman–Crippen MR) is 108 cm³/mol. The third kappa shape index (κ3) is 3.00. The first-order valence-corrected chi connectivity index (χ1v) is 8.78. The zero-order valence-corrected chi connectivity index (χ0v) is 16.0. The number of carbonyl (C=O) groups is 1. The number of fused-ring (bicyclic) bond motifs is 1. The van der Waals surface area contributed by atoms with Crippen molar-refractivity contribution in [1.82, 2.24) is 19.5 Å². The van der Waals surface area contributed by atoms with Crippen LogP contribution < -0.4 is 20.9 Å². The summed E-state index contributed by atoms with van der Waals surface area (Å²) in [5.41, 5.74) is 5.93. The van der Waals surface area contributed by atoms with Crippen LogP contribution in [0.4, 0.5) is 0 Å². The number of amides is 1. The van der Waals surface area contributed by atoms with Gasteiger partial charge in [-0.05, 0) is 36.4 Å². The standard InChI is InChI=1S/C20H17N5O5/c1-29-13-5-3-4-12(16(13)30-2)25-19-15(23-20(25)28)14(17(21)27)22-18(24-19)10-6-8-11(26)9-7-10/h3-9,26H,1-2H3,(H2,21,27)(H,23,28). The molecule has 0 fully saturated rings. The van der Waals surface area contributed by atoms with E-state index in [9.17, 15) is 14.7 Å². The Hall–Kier alpha value is -4.34. The molecular formula is C20H17N5O5. The fraction of sp³-hybridized carbons (Fsp3) is 0.100. The van der Waals surface area contributed by atoms with Gasteiger partial charge in [-0.2, -0.15) is 0 Å². The van der Waals surface area contributed by atoms with Crippen molar-refractivity contribution in [3.8, 4) is 34.3 Å². The average Bonchev–Trinajstić information content (AvgIpc) is 3.08. The van der Waals surface area contributed by atoms with Gasteiger partial charge in [-0.1, -0.05) is 6.07 Å². The third-order valence-corrected chi connectivity index (χ3v) is 4.52. The summed E-state index contributed by atoms with van der Waals surface area (Å²) >= 11 is 0. The molecule has 30 heavy (non-hydrogen) atoms. The van der Waals surface area contributed by atoms with Gasteiger partial charge in [0.2, 0.25) is 0 Å². The molecule has 0 saturated carbocycles. The van der Waals surface area contributed by atoms with Crippen molar-refractivity contribution in [2.75, 3.05) is 14.2 Å². The number of carbonyl (C=O) groups excluding carboxylic acids is 1. The summed E-state index contributed by atoms with van der Waals surface area (Å²) in [4.78, 5) is 36.2. The van der Waals surface area contributed by atoms with Crippen molar-refractivity contribution in [2.24, 2.45) is 5.73 Å². The van der Waals surface area contributed by atoms with Crippen LogP contribution in [0.5, 0.6) is 17.2 Å². The minimum Gasteiger partial charge on any atom is -0.508 e. The Kier molecular flexibility index (Phi) is 4.59. The highest BCUT2D eigenvalue weighted by Gasteiger charge is 2.22. The molecule has 2 aromatic carbocycles. The molecule has 0 unspecified atom stereocenters. The minimum atomic E-state index is -0.826. The van der Waals surface area contributed by atoms with Gasteiger partial charge in [0.1, 0.15) is 11.3 Å². The van der Waals surface area contributed by atoms with Crippen LogP contribution in [0, 0.1) is 0 Å². The van der Waals surface area contributed by atoms with E-state index >= 15 is 0 Å². The van der Waals surface area contributed by atoms with E-state index in [1.54, 1.807) is 30.3 Å². The van der Waals surface area contributed by atoms with E-state index in [-0.39, 0.29) is 28.4 Å². The van der Waals surface area contributed by atoms with Crippen molar-refractivity contribution in [2.45, 2.75) is 0 Å². The molecule has 10 nitrogen and oxygen atoms in total. The Labute approximate surface area is 169 Å². The van der Waals surface area contributed by atoms with Crippen LogP contribution in [-0.4, -0.2) is 44.8 Å². The van der Waals surface area contributed by atoms with Gasteiger partial charge in [0.05, 0.1) is 19.9 Å². The van der Waals surface area contributed by atoms with Crippen LogP contribution in [-0.2, 0) is 0 Å². The maximum absolute atomic E-state index is 12.8. The molecule has 1 amide bonds. The third-order valence-electron chi connectivity index (χ3n) is 4.52. The number of hydrogen-bond acceptors (Lipinski definition) is 7. The number of rotatable bonds is 5. The highest BCUT2D eigenvalue weighted by molar-refractivity contribution is 6.02. The number of nitrogens with one attached hydrogen (secondary N) is 1. The maximum atomic E-state index is 12.8. The Morgan fingerprint density at radius 3 is 2.47 bits per heavy atom. The van der Waals surface area contributed by atoms with Gasteiger partial charge in [-0.3, -0.25) is 4.79 Å². The summed E-state index contributed by atoms with van der Waals surface area (Å²) < 4.78 is 12.0. The second kappa shape index (κ2) is 7.24. The summed E-state index contributed by atoms with van der Waals surface area (Å²) in [5, 5.41) is 9.53. The maximum Gasteiger partial charge on any atom is 0.332 e. The highest BCUT2D eigenvalue weighted by Crippen LogP contribution is 2.34. The Bertz CT molecular complexity index is 1320. The zero-order chi connectivity index (χ0) is 21.4. The van der Waals surface area contributed by atoms with Crippen LogP contribution in [0.25, 0.3) is 28.2 Å². The summed E-state index contributed by atoms with van der Waals surface area (Å²) in [6.45, 7) is 0. The van der Waals surface area contributed by atoms with Crippen molar-refractivity contribution in [3.63, 3.8) is 0 Å². The van der Waals surface area contributed by atoms with E-state index in [2.05, 4.69) is 15.0 Å². The average molecular weight is 407 g/mol. The number of phenolic OH excluding ortho intramolecular Hbond substituents is 1. The molecule has 0 aliphatic heterocycles. The topological polar surface area (TPSA) is 145 Å². The number of imidazole rings is 1. The van der Waals surface area contributed by atoms with Crippen molar-refractivity contribution in [3.05, 3.63) is 58.6 Å². The lowest BCUT2D eigenvalue weighted by Crippen LogP contribution is -2.16. The smallest absolute Gasteiger partial charge is 0.332 e. The lowest BCUT2D eigenvalue weighted by atomic mass is 10.2. The van der Waals surface area contributed by atoms with Gasteiger partial charge < -0.3 is 25.3 Å². The molecule has 0 aliphatic carbocycles. The molecule has 0 aliphatic rings. The van der Waals surface area contributed by atoms with Crippen molar-refractivity contribution < 1.29 is 19.4 Å². The molecule has 2 heterocycles. The number of aromatic hydroxyl groups is 1. The molecule has 0 bridgehead atoms. The molecule has 0 spiro atoms. The van der Waals surface area contributed by atoms with Gasteiger partial charge in [-0.25, -0.2) is 19.3 Å². The van der Waals surface area contributed by atoms with E-state index in [0.29, 0.717) is 22.7 Å². The van der Waals surface area contributed by atoms with E-state index in [4.69, 9.17) is 15.2 Å². The fourth-order valence-electron chi connectivity index (χ4n) is 3.17. The second-order valence-corrected chi connectivity index (χ2v) is 6.28. The van der Waals surface area contributed by atoms with Crippen molar-refractivity contribution >= 4 is 17.1 Å². The number of primary amides is 1. The quantitative estimate of drug-likeness (QED) is 0.455. The van der Waals surface area contributed by atoms with Crippen LogP contribution in [0.2, 0.25) is 0 Å². The summed E-state index contributed by atoms with van der Waals surface area (Å²) in [5.74, 6) is 0.126. The number of phenols is 1. The number of para-hydroxylation sites is 1. The molecule has 152 valence electrons. The van der Waals surface area contributed by atoms with Gasteiger partial charge in [0.25, 0.3) is 5.91 Å². The van der Waals surface area contributed by atoms with Gasteiger partial charge in [0, 0.05) is 5.56 Å². The van der Waals surface area contributed by atoms with Gasteiger partial charge in [0.15, 0.2) is 28.7 Å². The molecule has 0 radical (unpaired) electrons. The first kappa shape index (κ1) is 19.0. The largest absolute Gasteiger partial charge is 0.508 e. The Balaban J connectivity index is 2.08. The molecule has 4 rings (SSSR count). The van der Waals surface area contributed by atoms with Crippen molar-refractivity contribution in [1.29, 1.82) is 0 Å². The Morgan fingerprint density at radius 1 is 1.10 bits per heavy atom. The lowest BCUT2D eigenvalue weighted by molar-refractivity contribution is 0.0997. The number of nitrogens with zero attached hydrogens (tertiary/aromatic N) is 3. The van der Waals surface area contributed by atoms with Gasteiger partial charge in [-0.15, -0.1) is 0 Å². The lowest BCUT2D eigenvalue weighted by Gasteiger charge is -2.13. The summed E-state index contributed by atoms with van der Waals surface area (Å²) in [6, 6.07) is 11.1. The molecule has 0 atom stereocenters. The summed E-state index contributed by atoms with van der Waals surface area (Å²) in [7, 11) is 2.93. The van der Waals surface area contributed by atoms with Gasteiger partial charge >= 0.3 is 5.69 Å². The second-order valence-electron chi connectivity index (χ2n) is 6.28. The highest BCUT2D eigenvalue weighted by atomic mass is 16.5. The molecule has 10 heteroatoms. The number of nitrogens with two attached hydrogens (primary N) is 1. The number of aromatic amines is 1. The minimum absolute atomic E-state index is 0.0645. The SMILES string of the molecule is COc1cccc(-n2c(=O)[nH]c3c(C(N)=O)nc(-c4ccc(O)cc4)nc32)c1OC. The molecule has 0 saturated heterocycles. The first-order valence-electron chi connectivity index (χ1n) is 8.78. The number of H-pyrrole nitrogens is 1. The van der Waals surface area contributed by atoms with Crippen LogP contribution >= 0.6 is 0 Å². The number of aromatic nitrogens is 4. The molecule has 4 N–H and O–H groups in total. The fourth-order valence-corrected chi connectivity index (χ4v) is 3.17. The monoisotopic (exact) mass is 407 g/mol. The normalized spacial score (nSPS) is 10.9. The number of ether oxygens (including phenoxy) is 2. The first-order chi connectivity index (χ1) is 14.4. The van der Waals surface area contributed by atoms with E-state index in [1.807, 2.05) is 0 Å². The molecule has 2 aromatic heterocycles. The predicted octanol–water partition coefficient (Wildman–Crippen LogP) is 1.60. The van der Waals surface area contributed by atoms with E-state index < -0.39 is 11.6 Å². The number of benzene rings is 2. The van der Waals surface area contributed by atoms with Crippen LogP contribution in [0.3, 0.4) is 0 Å². The molecular weight excluding hydrogens is 390 g/mol. The number of hydrogen-bond donors (Lipinski definition) is 3. The van der Waals surface area contributed by atoms with Crippen LogP contribution in [0.1, 0.15) is 10.5 Å². The van der Waals surface area contributed by atoms with E-state index in [0.717, 1.165) is 0 Å². The Morgan fingerprint density at radius 2 is 1.83 bits per heavy atom. The van der Waals surface area contributed by atoms with Crippen LogP contribution in [0.15, 0.2) is 47.3 Å². The summed E-state index contributed by atoms with van der Waals surface area (Å²) in [6.07, 6.45) is 0. The molecule has 4 aromatic rings. The number of methoxy groups -OCH3 is 2. The van der Waals surface area contributed by atoms with E-state index in [1.165, 1.54) is 30.9 Å².